The Hall–Kier alpha value is -1.18. The molecule has 0 aromatic heterocycles. The van der Waals surface area contributed by atoms with Crippen LogP contribution in [-0.2, 0) is 6.42 Å². The van der Waals surface area contributed by atoms with E-state index in [4.69, 9.17) is 9.47 Å². The van der Waals surface area contributed by atoms with Gasteiger partial charge in [0, 0.05) is 6.07 Å². The summed E-state index contributed by atoms with van der Waals surface area (Å²) in [6, 6.07) is 6.46. The highest BCUT2D eigenvalue weighted by atomic mass is 16.5. The minimum Gasteiger partial charge on any atom is -0.493 e. The van der Waals surface area contributed by atoms with Gasteiger partial charge in [-0.3, -0.25) is 0 Å². The molecule has 0 N–H and O–H groups in total. The van der Waals surface area contributed by atoms with Crippen molar-refractivity contribution in [3.8, 4) is 11.5 Å². The number of hydrogen-bond acceptors (Lipinski definition) is 2. The minimum atomic E-state index is 0.809. The van der Waals surface area contributed by atoms with E-state index in [1.807, 2.05) is 0 Å². The van der Waals surface area contributed by atoms with Crippen LogP contribution in [0.4, 0.5) is 0 Å². The van der Waals surface area contributed by atoms with E-state index in [9.17, 15) is 0 Å². The average Bonchev–Trinajstić information content (AvgIpc) is 2.76. The summed E-state index contributed by atoms with van der Waals surface area (Å²) in [7, 11) is 0. The zero-order valence-electron chi connectivity index (χ0n) is 20.2. The fourth-order valence-electron chi connectivity index (χ4n) is 3.77. The summed E-state index contributed by atoms with van der Waals surface area (Å²) in [6.07, 6.45) is 21.5. The molecule has 1 aromatic carbocycles. The fourth-order valence-corrected chi connectivity index (χ4v) is 3.77. The van der Waals surface area contributed by atoms with Gasteiger partial charge in [-0.15, -0.1) is 0 Å². The molecule has 1 aromatic rings. The first-order valence-corrected chi connectivity index (χ1v) is 13.0. The number of unbranched alkanes of at least 4 members (excludes halogenated alkanes) is 13. The highest BCUT2D eigenvalue weighted by molar-refractivity contribution is 5.38. The van der Waals surface area contributed by atoms with Crippen molar-refractivity contribution in [1.82, 2.24) is 0 Å². The molecular weight excluding hydrogens is 368 g/mol. The summed E-state index contributed by atoms with van der Waals surface area (Å²) in [6.45, 7) is 10.1. The molecule has 0 bridgehead atoms. The minimum absolute atomic E-state index is 0.809. The van der Waals surface area contributed by atoms with Gasteiger partial charge in [0.1, 0.15) is 11.5 Å². The smallest absolute Gasteiger partial charge is 0.123 e. The van der Waals surface area contributed by atoms with E-state index in [2.05, 4.69) is 39.0 Å². The third kappa shape index (κ3) is 14.7. The van der Waals surface area contributed by atoms with E-state index < -0.39 is 0 Å². The Kier molecular flexibility index (Phi) is 17.7. The quantitative estimate of drug-likeness (QED) is 0.186. The van der Waals surface area contributed by atoms with Crippen molar-refractivity contribution >= 4 is 0 Å². The molecule has 0 unspecified atom stereocenters. The lowest BCUT2D eigenvalue weighted by molar-refractivity contribution is 0.289. The van der Waals surface area contributed by atoms with E-state index in [1.165, 1.54) is 82.6 Å². The lowest BCUT2D eigenvalue weighted by Crippen LogP contribution is -2.01. The van der Waals surface area contributed by atoms with E-state index in [1.54, 1.807) is 0 Å². The molecule has 0 atom stereocenters. The molecular formula is C28H49O2. The second-order valence-electron chi connectivity index (χ2n) is 8.71. The number of hydrogen-bond donors (Lipinski definition) is 0. The van der Waals surface area contributed by atoms with Gasteiger partial charge in [-0.1, -0.05) is 104 Å². The van der Waals surface area contributed by atoms with Crippen molar-refractivity contribution in [2.75, 3.05) is 13.2 Å². The first kappa shape index (κ1) is 26.9. The van der Waals surface area contributed by atoms with Crippen molar-refractivity contribution < 1.29 is 9.47 Å². The molecule has 30 heavy (non-hydrogen) atoms. The van der Waals surface area contributed by atoms with E-state index in [0.717, 1.165) is 56.8 Å². The molecule has 0 saturated heterocycles. The fraction of sp³-hybridized carbons (Fsp3) is 0.750. The lowest BCUT2D eigenvalue weighted by Gasteiger charge is -2.13. The lowest BCUT2D eigenvalue weighted by atomic mass is 10.1. The van der Waals surface area contributed by atoms with Gasteiger partial charge in [-0.2, -0.15) is 0 Å². The van der Waals surface area contributed by atoms with Gasteiger partial charge in [-0.05, 0) is 43.4 Å². The van der Waals surface area contributed by atoms with Crippen LogP contribution in [0.5, 0.6) is 11.5 Å². The molecule has 1 rings (SSSR count). The van der Waals surface area contributed by atoms with Crippen molar-refractivity contribution in [2.24, 2.45) is 0 Å². The van der Waals surface area contributed by atoms with Crippen molar-refractivity contribution in [2.45, 2.75) is 123 Å². The molecule has 0 fully saturated rings. The number of ether oxygens (including phenoxy) is 2. The number of aryl methyl sites for hydroxylation is 1. The van der Waals surface area contributed by atoms with Gasteiger partial charge < -0.3 is 9.47 Å². The first-order valence-electron chi connectivity index (χ1n) is 13.0. The van der Waals surface area contributed by atoms with Crippen LogP contribution in [-0.4, -0.2) is 13.2 Å². The molecule has 0 aliphatic rings. The van der Waals surface area contributed by atoms with Crippen LogP contribution < -0.4 is 9.47 Å². The third-order valence-corrected chi connectivity index (χ3v) is 5.69. The topological polar surface area (TPSA) is 18.5 Å². The molecule has 0 amide bonds. The molecule has 0 saturated carbocycles. The van der Waals surface area contributed by atoms with Crippen LogP contribution in [0.1, 0.15) is 122 Å². The number of benzene rings is 1. The maximum atomic E-state index is 6.08. The summed E-state index contributed by atoms with van der Waals surface area (Å²) in [5.74, 6) is 1.94. The summed E-state index contributed by atoms with van der Waals surface area (Å²) < 4.78 is 12.2. The van der Waals surface area contributed by atoms with Crippen LogP contribution in [0.2, 0.25) is 0 Å². The summed E-state index contributed by atoms with van der Waals surface area (Å²) in [4.78, 5) is 0. The molecule has 0 spiro atoms. The summed E-state index contributed by atoms with van der Waals surface area (Å²) in [5.41, 5.74) is 1.31. The van der Waals surface area contributed by atoms with E-state index >= 15 is 0 Å². The highest BCUT2D eigenvalue weighted by Gasteiger charge is 2.04. The van der Waals surface area contributed by atoms with Crippen molar-refractivity contribution in [1.29, 1.82) is 0 Å². The van der Waals surface area contributed by atoms with E-state index in [0.29, 0.717) is 0 Å². The zero-order valence-corrected chi connectivity index (χ0v) is 20.2. The summed E-state index contributed by atoms with van der Waals surface area (Å²) >= 11 is 0. The third-order valence-electron chi connectivity index (χ3n) is 5.69. The van der Waals surface area contributed by atoms with Crippen LogP contribution in [0.15, 0.2) is 18.2 Å². The Morgan fingerprint density at radius 2 is 1.00 bits per heavy atom. The Labute approximate surface area is 188 Å². The largest absolute Gasteiger partial charge is 0.493 e. The van der Waals surface area contributed by atoms with Crippen molar-refractivity contribution in [3.05, 3.63) is 30.7 Å². The van der Waals surface area contributed by atoms with Crippen molar-refractivity contribution in [3.63, 3.8) is 0 Å². The normalized spacial score (nSPS) is 11.0. The monoisotopic (exact) mass is 417 g/mol. The van der Waals surface area contributed by atoms with Crippen LogP contribution in [0, 0.1) is 6.92 Å². The Morgan fingerprint density at radius 3 is 1.43 bits per heavy atom. The molecule has 0 aliphatic heterocycles. The second kappa shape index (κ2) is 19.8. The molecule has 1 radical (unpaired) electrons. The Balaban J connectivity index is 2.34. The van der Waals surface area contributed by atoms with Gasteiger partial charge in [0.05, 0.1) is 13.2 Å². The average molecular weight is 418 g/mol. The molecule has 2 heteroatoms. The van der Waals surface area contributed by atoms with Crippen LogP contribution >= 0.6 is 0 Å². The molecule has 2 nitrogen and oxygen atoms in total. The molecule has 0 heterocycles. The Bertz CT molecular complexity index is 459. The predicted octanol–water partition coefficient (Wildman–Crippen LogP) is 9.10. The molecule has 173 valence electrons. The maximum Gasteiger partial charge on any atom is 0.123 e. The highest BCUT2D eigenvalue weighted by Crippen LogP contribution is 2.25. The standard InChI is InChI=1S/C28H49O2/c1-4-7-10-12-14-16-18-21-29-27-23-26(20-9-6-3)24-28(25-27)30-22-19-17-15-13-11-8-5-2/h23-25H,3-22H2,1-2H3. The predicted molar refractivity (Wildman–Crippen MR) is 132 cm³/mol. The van der Waals surface area contributed by atoms with Gasteiger partial charge in [-0.25, -0.2) is 0 Å². The number of rotatable bonds is 21. The van der Waals surface area contributed by atoms with Gasteiger partial charge in [0.25, 0.3) is 0 Å². The maximum absolute atomic E-state index is 6.08. The van der Waals surface area contributed by atoms with E-state index in [-0.39, 0.29) is 0 Å². The van der Waals surface area contributed by atoms with Crippen LogP contribution in [0.25, 0.3) is 0 Å². The molecule has 0 aliphatic carbocycles. The zero-order chi connectivity index (χ0) is 21.7. The van der Waals surface area contributed by atoms with Crippen LogP contribution in [0.3, 0.4) is 0 Å². The summed E-state index contributed by atoms with van der Waals surface area (Å²) in [5, 5.41) is 0. The Morgan fingerprint density at radius 1 is 0.567 bits per heavy atom. The second-order valence-corrected chi connectivity index (χ2v) is 8.71. The van der Waals surface area contributed by atoms with Gasteiger partial charge >= 0.3 is 0 Å². The van der Waals surface area contributed by atoms with Gasteiger partial charge in [0.15, 0.2) is 0 Å². The van der Waals surface area contributed by atoms with Gasteiger partial charge in [0.2, 0.25) is 0 Å². The first-order chi connectivity index (χ1) is 14.8. The SMILES string of the molecule is [CH2]CCCc1cc(OCCCCCCCCC)cc(OCCCCCCCCC)c1.